The van der Waals surface area contributed by atoms with Gasteiger partial charge < -0.3 is 4.57 Å². The van der Waals surface area contributed by atoms with Crippen LogP contribution in [0.5, 0.6) is 0 Å². The van der Waals surface area contributed by atoms with E-state index in [2.05, 4.69) is 44.4 Å². The number of hydrogen-bond acceptors (Lipinski definition) is 2. The van der Waals surface area contributed by atoms with E-state index in [1.54, 1.807) is 0 Å². The van der Waals surface area contributed by atoms with Crippen LogP contribution in [0.4, 0.5) is 0 Å². The van der Waals surface area contributed by atoms with Crippen molar-refractivity contribution < 1.29 is 0 Å². The van der Waals surface area contributed by atoms with Gasteiger partial charge in [-0.15, -0.1) is 0 Å². The molecule has 1 aliphatic heterocycles. The fourth-order valence-electron chi connectivity index (χ4n) is 2.50. The van der Waals surface area contributed by atoms with Crippen LogP contribution in [0.15, 0.2) is 12.4 Å². The summed E-state index contributed by atoms with van der Waals surface area (Å²) in [6.07, 6.45) is 6.28. The number of likely N-dealkylation sites (tertiary alicyclic amines) is 1. The van der Waals surface area contributed by atoms with Crippen molar-refractivity contribution in [2.75, 3.05) is 18.4 Å². The third kappa shape index (κ3) is 2.48. The molecule has 2 atom stereocenters. The summed E-state index contributed by atoms with van der Waals surface area (Å²) in [5.41, 5.74) is 0. The summed E-state index contributed by atoms with van der Waals surface area (Å²) in [6.45, 7) is 4.72. The van der Waals surface area contributed by atoms with Crippen LogP contribution >= 0.6 is 15.9 Å². The molecular weight excluding hydrogens is 266 g/mol. The summed E-state index contributed by atoms with van der Waals surface area (Å²) in [5, 5.41) is 1.09. The molecule has 0 bridgehead atoms. The Balaban J connectivity index is 1.89. The zero-order valence-electron chi connectivity index (χ0n) is 10.1. The summed E-state index contributed by atoms with van der Waals surface area (Å²) >= 11 is 3.63. The van der Waals surface area contributed by atoms with E-state index in [4.69, 9.17) is 0 Å². The summed E-state index contributed by atoms with van der Waals surface area (Å²) in [6, 6.07) is 0.709. The predicted octanol–water partition coefficient (Wildman–Crippen LogP) is 2.07. The molecule has 2 heterocycles. The minimum absolute atomic E-state index is 0.709. The van der Waals surface area contributed by atoms with E-state index in [0.29, 0.717) is 6.04 Å². The number of aromatic nitrogens is 2. The van der Waals surface area contributed by atoms with Gasteiger partial charge in [-0.1, -0.05) is 22.9 Å². The van der Waals surface area contributed by atoms with Crippen LogP contribution in [-0.4, -0.2) is 38.9 Å². The number of hydrogen-bond donors (Lipinski definition) is 0. The molecule has 0 radical (unpaired) electrons. The second-order valence-electron chi connectivity index (χ2n) is 4.73. The van der Waals surface area contributed by atoms with E-state index in [9.17, 15) is 0 Å². The van der Waals surface area contributed by atoms with Gasteiger partial charge in [0.25, 0.3) is 0 Å². The van der Waals surface area contributed by atoms with E-state index in [-0.39, 0.29) is 0 Å². The van der Waals surface area contributed by atoms with E-state index >= 15 is 0 Å². The Morgan fingerprint density at radius 1 is 1.56 bits per heavy atom. The molecule has 0 N–H and O–H groups in total. The predicted molar refractivity (Wildman–Crippen MR) is 69.8 cm³/mol. The summed E-state index contributed by atoms with van der Waals surface area (Å²) in [5.74, 6) is 2.01. The van der Waals surface area contributed by atoms with Crippen LogP contribution in [0.25, 0.3) is 0 Å². The molecule has 3 nitrogen and oxygen atoms in total. The van der Waals surface area contributed by atoms with Crippen molar-refractivity contribution >= 4 is 15.9 Å². The Morgan fingerprint density at radius 3 is 3.00 bits per heavy atom. The van der Waals surface area contributed by atoms with Crippen molar-refractivity contribution in [1.29, 1.82) is 0 Å². The fourth-order valence-corrected chi connectivity index (χ4v) is 3.54. The molecule has 1 fully saturated rings. The molecule has 0 saturated carbocycles. The molecule has 0 aromatic carbocycles. The monoisotopic (exact) mass is 285 g/mol. The molecule has 0 aliphatic carbocycles. The number of nitrogens with zero attached hydrogens (tertiary/aromatic N) is 3. The molecule has 0 amide bonds. The molecular formula is C12H20BrN3. The minimum Gasteiger partial charge on any atom is -0.338 e. The van der Waals surface area contributed by atoms with Gasteiger partial charge in [0.1, 0.15) is 5.82 Å². The summed E-state index contributed by atoms with van der Waals surface area (Å²) in [7, 11) is 2.07. The van der Waals surface area contributed by atoms with E-state index in [0.717, 1.165) is 24.2 Å². The lowest BCUT2D eigenvalue weighted by Crippen LogP contribution is -2.35. The topological polar surface area (TPSA) is 21.1 Å². The van der Waals surface area contributed by atoms with Gasteiger partial charge in [-0.25, -0.2) is 4.98 Å². The van der Waals surface area contributed by atoms with Gasteiger partial charge in [-0.3, -0.25) is 4.90 Å². The van der Waals surface area contributed by atoms with Crippen molar-refractivity contribution in [3.63, 3.8) is 0 Å². The molecule has 1 aromatic rings. The van der Waals surface area contributed by atoms with Crippen molar-refractivity contribution in [2.45, 2.75) is 25.8 Å². The second kappa shape index (κ2) is 5.32. The van der Waals surface area contributed by atoms with Gasteiger partial charge in [-0.05, 0) is 18.9 Å². The minimum atomic E-state index is 0.709. The second-order valence-corrected chi connectivity index (χ2v) is 5.38. The third-order valence-electron chi connectivity index (χ3n) is 3.70. The molecule has 16 heavy (non-hydrogen) atoms. The Bertz CT molecular complexity index is 337. The van der Waals surface area contributed by atoms with Crippen molar-refractivity contribution in [3.8, 4) is 0 Å². The first-order valence-corrected chi connectivity index (χ1v) is 7.10. The Morgan fingerprint density at radius 2 is 2.38 bits per heavy atom. The number of rotatable bonds is 4. The van der Waals surface area contributed by atoms with Gasteiger partial charge in [0, 0.05) is 43.8 Å². The Labute approximate surface area is 106 Å². The van der Waals surface area contributed by atoms with Crippen LogP contribution in [0.3, 0.4) is 0 Å². The molecule has 2 unspecified atom stereocenters. The first-order valence-electron chi connectivity index (χ1n) is 5.98. The van der Waals surface area contributed by atoms with Gasteiger partial charge in [0.2, 0.25) is 0 Å². The molecule has 1 saturated heterocycles. The average Bonchev–Trinajstić information content (AvgIpc) is 2.82. The first-order chi connectivity index (χ1) is 7.72. The molecule has 90 valence electrons. The zero-order chi connectivity index (χ0) is 11.5. The smallest absolute Gasteiger partial charge is 0.109 e. The van der Waals surface area contributed by atoms with Crippen LogP contribution in [0.1, 0.15) is 19.2 Å². The SMILES string of the molecule is CC1CCN(CCc2nccn2C)C1CBr. The Hall–Kier alpha value is -0.350. The van der Waals surface area contributed by atoms with Crippen LogP contribution in [0.2, 0.25) is 0 Å². The maximum Gasteiger partial charge on any atom is 0.109 e. The van der Waals surface area contributed by atoms with Gasteiger partial charge in [0.15, 0.2) is 0 Å². The quantitative estimate of drug-likeness (QED) is 0.790. The number of aryl methyl sites for hydroxylation is 1. The van der Waals surface area contributed by atoms with Crippen molar-refractivity contribution in [1.82, 2.24) is 14.5 Å². The molecule has 1 aliphatic rings. The van der Waals surface area contributed by atoms with Crippen molar-refractivity contribution in [2.24, 2.45) is 13.0 Å². The number of halogens is 1. The highest BCUT2D eigenvalue weighted by Crippen LogP contribution is 2.25. The lowest BCUT2D eigenvalue weighted by molar-refractivity contribution is 0.253. The Kier molecular flexibility index (Phi) is 4.03. The maximum absolute atomic E-state index is 4.37. The van der Waals surface area contributed by atoms with Crippen molar-refractivity contribution in [3.05, 3.63) is 18.2 Å². The van der Waals surface area contributed by atoms with E-state index in [1.165, 1.54) is 18.8 Å². The zero-order valence-corrected chi connectivity index (χ0v) is 11.7. The van der Waals surface area contributed by atoms with Gasteiger partial charge in [0.05, 0.1) is 0 Å². The number of imidazole rings is 1. The highest BCUT2D eigenvalue weighted by Gasteiger charge is 2.29. The lowest BCUT2D eigenvalue weighted by Gasteiger charge is -2.24. The number of alkyl halides is 1. The summed E-state index contributed by atoms with van der Waals surface area (Å²) < 4.78 is 2.11. The van der Waals surface area contributed by atoms with Crippen LogP contribution in [-0.2, 0) is 13.5 Å². The van der Waals surface area contributed by atoms with Crippen LogP contribution < -0.4 is 0 Å². The van der Waals surface area contributed by atoms with E-state index < -0.39 is 0 Å². The van der Waals surface area contributed by atoms with Gasteiger partial charge in [-0.2, -0.15) is 0 Å². The largest absolute Gasteiger partial charge is 0.338 e. The van der Waals surface area contributed by atoms with Gasteiger partial charge >= 0.3 is 0 Å². The normalized spacial score (nSPS) is 26.4. The maximum atomic E-state index is 4.37. The molecule has 2 rings (SSSR count). The molecule has 0 spiro atoms. The van der Waals surface area contributed by atoms with Crippen LogP contribution in [0, 0.1) is 5.92 Å². The standard InChI is InChI=1S/C12H20BrN3/c1-10-3-6-16(11(10)9-13)7-4-12-14-5-8-15(12)2/h5,8,10-11H,3-4,6-7,9H2,1-2H3. The first kappa shape index (κ1) is 12.1. The molecule has 1 aromatic heterocycles. The molecule has 4 heteroatoms. The highest BCUT2D eigenvalue weighted by atomic mass is 79.9. The van der Waals surface area contributed by atoms with E-state index in [1.807, 2.05) is 12.4 Å². The summed E-state index contributed by atoms with van der Waals surface area (Å²) in [4.78, 5) is 6.96. The average molecular weight is 286 g/mol. The third-order valence-corrected chi connectivity index (χ3v) is 4.36. The highest BCUT2D eigenvalue weighted by molar-refractivity contribution is 9.09. The lowest BCUT2D eigenvalue weighted by atomic mass is 10.1. The fraction of sp³-hybridized carbons (Fsp3) is 0.750.